The van der Waals surface area contributed by atoms with Gasteiger partial charge in [0.2, 0.25) is 5.91 Å². The summed E-state index contributed by atoms with van der Waals surface area (Å²) in [6.07, 6.45) is 6.33. The van der Waals surface area contributed by atoms with Crippen LogP contribution >= 0.6 is 11.6 Å². The van der Waals surface area contributed by atoms with Crippen LogP contribution in [0.2, 0.25) is 5.02 Å². The van der Waals surface area contributed by atoms with Crippen molar-refractivity contribution < 1.29 is 9.72 Å². The summed E-state index contributed by atoms with van der Waals surface area (Å²) >= 11 is 5.93. The summed E-state index contributed by atoms with van der Waals surface area (Å²) in [5, 5.41) is 13.5. The summed E-state index contributed by atoms with van der Waals surface area (Å²) in [5.74, 6) is 0.570. The maximum Gasteiger partial charge on any atom is 0.271 e. The van der Waals surface area contributed by atoms with E-state index in [4.69, 9.17) is 11.6 Å². The number of hydrogen-bond acceptors (Lipinski definition) is 3. The first-order valence-electron chi connectivity index (χ1n) is 6.80. The average Bonchev–Trinajstić information content (AvgIpc) is 2.91. The van der Waals surface area contributed by atoms with Crippen molar-refractivity contribution in [2.75, 3.05) is 5.32 Å². The van der Waals surface area contributed by atoms with Gasteiger partial charge in [-0.1, -0.05) is 37.3 Å². The van der Waals surface area contributed by atoms with E-state index in [0.29, 0.717) is 18.0 Å². The van der Waals surface area contributed by atoms with Crippen LogP contribution in [-0.2, 0) is 4.79 Å². The Morgan fingerprint density at radius 2 is 2.10 bits per heavy atom. The molecule has 0 unspecified atom stereocenters. The SMILES string of the molecule is O=C(CCC1CCCC1)Nc1ccc([N+](=O)[O-])cc1Cl. The normalized spacial score (nSPS) is 15.2. The number of rotatable bonds is 5. The summed E-state index contributed by atoms with van der Waals surface area (Å²) in [6.45, 7) is 0. The Labute approximate surface area is 122 Å². The Bertz CT molecular complexity index is 513. The highest BCUT2D eigenvalue weighted by Gasteiger charge is 2.17. The van der Waals surface area contributed by atoms with Crippen molar-refractivity contribution in [1.82, 2.24) is 0 Å². The number of nitrogens with zero attached hydrogens (tertiary/aromatic N) is 1. The molecule has 1 aromatic carbocycles. The molecule has 1 saturated carbocycles. The number of benzene rings is 1. The Morgan fingerprint density at radius 1 is 1.40 bits per heavy atom. The molecule has 6 heteroatoms. The standard InChI is InChI=1S/C14H17ClN2O3/c15-12-9-11(17(19)20)6-7-13(12)16-14(18)8-5-10-3-1-2-4-10/h6-7,9-10H,1-5,8H2,(H,16,18). The van der Waals surface area contributed by atoms with Gasteiger partial charge in [-0.2, -0.15) is 0 Å². The van der Waals surface area contributed by atoms with Crippen molar-refractivity contribution in [2.45, 2.75) is 38.5 Å². The lowest BCUT2D eigenvalue weighted by Crippen LogP contribution is -2.13. The highest BCUT2D eigenvalue weighted by molar-refractivity contribution is 6.33. The highest BCUT2D eigenvalue weighted by atomic mass is 35.5. The van der Waals surface area contributed by atoms with E-state index in [0.717, 1.165) is 6.42 Å². The monoisotopic (exact) mass is 296 g/mol. The molecule has 1 aliphatic rings. The molecule has 0 aliphatic heterocycles. The first-order chi connectivity index (χ1) is 9.56. The lowest BCUT2D eigenvalue weighted by Gasteiger charge is -2.10. The van der Waals surface area contributed by atoms with Gasteiger partial charge in [-0.15, -0.1) is 0 Å². The fourth-order valence-corrected chi connectivity index (χ4v) is 2.79. The van der Waals surface area contributed by atoms with Crippen molar-refractivity contribution in [3.63, 3.8) is 0 Å². The van der Waals surface area contributed by atoms with Crippen LogP contribution in [0.15, 0.2) is 18.2 Å². The number of amides is 1. The molecule has 1 aromatic rings. The van der Waals surface area contributed by atoms with Gasteiger partial charge >= 0.3 is 0 Å². The molecular formula is C14H17ClN2O3. The van der Waals surface area contributed by atoms with Crippen molar-refractivity contribution in [3.05, 3.63) is 33.3 Å². The molecule has 108 valence electrons. The number of carbonyl (C=O) groups excluding carboxylic acids is 1. The summed E-state index contributed by atoms with van der Waals surface area (Å²) in [6, 6.07) is 4.04. The molecule has 1 amide bonds. The van der Waals surface area contributed by atoms with E-state index in [1.54, 1.807) is 0 Å². The molecule has 1 aliphatic carbocycles. The molecule has 0 aromatic heterocycles. The third kappa shape index (κ3) is 3.93. The van der Waals surface area contributed by atoms with E-state index in [9.17, 15) is 14.9 Å². The molecule has 1 N–H and O–H groups in total. The molecule has 0 atom stereocenters. The third-order valence-electron chi connectivity index (χ3n) is 3.69. The number of nitro benzene ring substituents is 1. The van der Waals surface area contributed by atoms with Crippen LogP contribution in [0.4, 0.5) is 11.4 Å². The Kier molecular flexibility index (Phi) is 4.95. The van der Waals surface area contributed by atoms with E-state index < -0.39 is 4.92 Å². The van der Waals surface area contributed by atoms with Crippen LogP contribution in [0, 0.1) is 16.0 Å². The van der Waals surface area contributed by atoms with Gasteiger partial charge in [0, 0.05) is 18.6 Å². The van der Waals surface area contributed by atoms with E-state index in [2.05, 4.69) is 5.32 Å². The van der Waals surface area contributed by atoms with E-state index in [1.807, 2.05) is 0 Å². The first kappa shape index (κ1) is 14.8. The summed E-state index contributed by atoms with van der Waals surface area (Å²) in [7, 11) is 0. The Hall–Kier alpha value is -1.62. The number of non-ortho nitro benzene ring substituents is 1. The van der Waals surface area contributed by atoms with Crippen LogP contribution in [0.5, 0.6) is 0 Å². The van der Waals surface area contributed by atoms with Crippen molar-refractivity contribution in [3.8, 4) is 0 Å². The summed E-state index contributed by atoms with van der Waals surface area (Å²) < 4.78 is 0. The number of nitro groups is 1. The van der Waals surface area contributed by atoms with Gasteiger partial charge in [0.1, 0.15) is 0 Å². The lowest BCUT2D eigenvalue weighted by molar-refractivity contribution is -0.384. The summed E-state index contributed by atoms with van der Waals surface area (Å²) in [5.41, 5.74) is 0.340. The molecule has 2 rings (SSSR count). The zero-order chi connectivity index (χ0) is 14.5. The van der Waals surface area contributed by atoms with Gasteiger partial charge < -0.3 is 5.32 Å². The van der Waals surface area contributed by atoms with E-state index in [1.165, 1.54) is 43.9 Å². The molecule has 0 saturated heterocycles. The molecule has 0 spiro atoms. The van der Waals surface area contributed by atoms with Crippen LogP contribution in [-0.4, -0.2) is 10.8 Å². The molecule has 20 heavy (non-hydrogen) atoms. The van der Waals surface area contributed by atoms with Gasteiger partial charge in [-0.25, -0.2) is 0 Å². The topological polar surface area (TPSA) is 72.2 Å². The van der Waals surface area contributed by atoms with Gasteiger partial charge in [-0.3, -0.25) is 14.9 Å². The second-order valence-corrected chi connectivity index (χ2v) is 5.57. The van der Waals surface area contributed by atoms with Crippen molar-refractivity contribution >= 4 is 28.9 Å². The maximum atomic E-state index is 11.8. The summed E-state index contributed by atoms with van der Waals surface area (Å²) in [4.78, 5) is 21.9. The number of hydrogen-bond donors (Lipinski definition) is 1. The van der Waals surface area contributed by atoms with Crippen LogP contribution in [0.3, 0.4) is 0 Å². The first-order valence-corrected chi connectivity index (χ1v) is 7.18. The Balaban J connectivity index is 1.88. The van der Waals surface area contributed by atoms with E-state index >= 15 is 0 Å². The third-order valence-corrected chi connectivity index (χ3v) is 4.00. The highest BCUT2D eigenvalue weighted by Crippen LogP contribution is 2.29. The number of halogens is 1. The lowest BCUT2D eigenvalue weighted by atomic mass is 10.0. The smallest absolute Gasteiger partial charge is 0.271 e. The zero-order valence-electron chi connectivity index (χ0n) is 11.1. The van der Waals surface area contributed by atoms with Crippen LogP contribution < -0.4 is 5.32 Å². The minimum atomic E-state index is -0.516. The number of nitrogens with one attached hydrogen (secondary N) is 1. The molecular weight excluding hydrogens is 280 g/mol. The average molecular weight is 297 g/mol. The van der Waals surface area contributed by atoms with Gasteiger partial charge in [0.15, 0.2) is 0 Å². The fourth-order valence-electron chi connectivity index (χ4n) is 2.57. The maximum absolute atomic E-state index is 11.8. The predicted octanol–water partition coefficient (Wildman–Crippen LogP) is 4.16. The van der Waals surface area contributed by atoms with Crippen LogP contribution in [0.1, 0.15) is 38.5 Å². The van der Waals surface area contributed by atoms with Crippen molar-refractivity contribution in [1.29, 1.82) is 0 Å². The zero-order valence-corrected chi connectivity index (χ0v) is 11.9. The predicted molar refractivity (Wildman–Crippen MR) is 77.9 cm³/mol. The minimum absolute atomic E-state index is 0.0843. The second kappa shape index (κ2) is 6.70. The molecule has 0 radical (unpaired) electrons. The van der Waals surface area contributed by atoms with Gasteiger partial charge in [-0.05, 0) is 18.4 Å². The molecule has 0 bridgehead atoms. The molecule has 5 nitrogen and oxygen atoms in total. The van der Waals surface area contributed by atoms with E-state index in [-0.39, 0.29) is 16.6 Å². The largest absolute Gasteiger partial charge is 0.325 e. The Morgan fingerprint density at radius 3 is 2.70 bits per heavy atom. The fraction of sp³-hybridized carbons (Fsp3) is 0.500. The quantitative estimate of drug-likeness (QED) is 0.655. The number of carbonyl (C=O) groups is 1. The molecule has 0 heterocycles. The minimum Gasteiger partial charge on any atom is -0.325 e. The second-order valence-electron chi connectivity index (χ2n) is 5.16. The van der Waals surface area contributed by atoms with Gasteiger partial charge in [0.05, 0.1) is 15.6 Å². The van der Waals surface area contributed by atoms with Crippen molar-refractivity contribution in [2.24, 2.45) is 5.92 Å². The van der Waals surface area contributed by atoms with Crippen LogP contribution in [0.25, 0.3) is 0 Å². The van der Waals surface area contributed by atoms with Gasteiger partial charge in [0.25, 0.3) is 5.69 Å². The number of anilines is 1. The molecule has 1 fully saturated rings.